The molecule has 0 fully saturated rings. The molecule has 2 amide bonds. The molecule has 0 heterocycles. The summed E-state index contributed by atoms with van der Waals surface area (Å²) in [6.45, 7) is 0. The van der Waals surface area contributed by atoms with E-state index in [1.165, 1.54) is 0 Å². The van der Waals surface area contributed by atoms with Crippen LogP contribution in [0.4, 0.5) is 16.2 Å². The largest absolute Gasteiger partial charge is 0.378 e. The Morgan fingerprint density at radius 3 is 1.77 bits per heavy atom. The average molecular weight is 303 g/mol. The molecule has 9 heteroatoms. The van der Waals surface area contributed by atoms with E-state index in [1.807, 2.05) is 60.7 Å². The van der Waals surface area contributed by atoms with Crippen LogP contribution >= 0.6 is 0 Å². The van der Waals surface area contributed by atoms with Crippen LogP contribution in [-0.2, 0) is 0 Å². The van der Waals surface area contributed by atoms with Crippen LogP contribution in [0.3, 0.4) is 0 Å². The number of urea groups is 1. The molecule has 0 aromatic heterocycles. The number of rotatable bonds is 3. The zero-order valence-electron chi connectivity index (χ0n) is 11.3. The smallest absolute Gasteiger partial charge is 0.328 e. The van der Waals surface area contributed by atoms with Crippen molar-refractivity contribution in [1.82, 2.24) is 5.43 Å². The lowest BCUT2D eigenvalue weighted by atomic mass is 10.2. The molecule has 0 aliphatic heterocycles. The van der Waals surface area contributed by atoms with E-state index in [2.05, 4.69) is 10.5 Å². The topological polar surface area (TPSA) is 132 Å². The average Bonchev–Trinajstić information content (AvgIpc) is 2.53. The van der Waals surface area contributed by atoms with E-state index in [0.717, 1.165) is 11.4 Å². The van der Waals surface area contributed by atoms with Crippen molar-refractivity contribution in [3.8, 4) is 0 Å². The Morgan fingerprint density at radius 2 is 1.45 bits per heavy atom. The minimum atomic E-state index is -1.50. The Balaban J connectivity index is 0.000000541. The van der Waals surface area contributed by atoms with Gasteiger partial charge in [0.15, 0.2) is 0 Å². The first-order valence-corrected chi connectivity index (χ1v) is 5.96. The van der Waals surface area contributed by atoms with Crippen molar-refractivity contribution in [2.75, 3.05) is 5.01 Å². The summed E-state index contributed by atoms with van der Waals surface area (Å²) in [6.07, 6.45) is 0. The summed E-state index contributed by atoms with van der Waals surface area (Å²) in [6, 6.07) is 18.0. The summed E-state index contributed by atoms with van der Waals surface area (Å²) < 4.78 is 0. The van der Waals surface area contributed by atoms with Crippen LogP contribution in [0.1, 0.15) is 0 Å². The second kappa shape index (κ2) is 8.64. The third kappa shape index (κ3) is 5.65. The molecule has 0 atom stereocenters. The number of para-hydroxylation sites is 2. The van der Waals surface area contributed by atoms with Crippen molar-refractivity contribution in [2.45, 2.75) is 0 Å². The van der Waals surface area contributed by atoms with Crippen molar-refractivity contribution in [2.24, 2.45) is 5.11 Å². The Labute approximate surface area is 125 Å². The minimum Gasteiger partial charge on any atom is -0.328 e. The number of amides is 2. The predicted octanol–water partition coefficient (Wildman–Crippen LogP) is 3.13. The first-order valence-electron chi connectivity index (χ1n) is 5.96. The van der Waals surface area contributed by atoms with Gasteiger partial charge in [-0.05, 0) is 24.3 Å². The van der Waals surface area contributed by atoms with Gasteiger partial charge in [0.05, 0.1) is 11.4 Å². The van der Waals surface area contributed by atoms with Crippen LogP contribution in [0.25, 0.3) is 0 Å². The van der Waals surface area contributed by atoms with E-state index in [-0.39, 0.29) is 0 Å². The van der Waals surface area contributed by atoms with Gasteiger partial charge in [0.1, 0.15) is 0 Å². The fourth-order valence-corrected chi connectivity index (χ4v) is 1.55. The monoisotopic (exact) mass is 303 g/mol. The summed E-state index contributed by atoms with van der Waals surface area (Å²) >= 11 is 0. The number of hydrogen-bond donors (Lipinski definition) is 3. The second-order valence-electron chi connectivity index (χ2n) is 3.77. The van der Waals surface area contributed by atoms with Gasteiger partial charge < -0.3 is 5.21 Å². The number of hydrogen-bond acceptors (Lipinski definition) is 5. The molecule has 0 bridgehead atoms. The fraction of sp³-hybridized carbons (Fsp3) is 0. The Hall–Kier alpha value is -3.49. The molecule has 0 spiro atoms. The van der Waals surface area contributed by atoms with Crippen LogP contribution in [0, 0.1) is 15.6 Å². The van der Waals surface area contributed by atoms with Crippen molar-refractivity contribution in [3.05, 3.63) is 70.8 Å². The van der Waals surface area contributed by atoms with Gasteiger partial charge in [0.25, 0.3) is 5.09 Å². The third-order valence-electron chi connectivity index (χ3n) is 2.34. The van der Waals surface area contributed by atoms with E-state index in [0.29, 0.717) is 0 Å². The number of nitrogens with zero attached hydrogens (tertiary/aromatic N) is 3. The number of nitrogens with one attached hydrogen (secondary N) is 2. The van der Waals surface area contributed by atoms with Gasteiger partial charge in [-0.3, -0.25) is 5.01 Å². The molecule has 2 rings (SSSR count). The zero-order valence-corrected chi connectivity index (χ0v) is 11.3. The summed E-state index contributed by atoms with van der Waals surface area (Å²) in [7, 11) is 0. The van der Waals surface area contributed by atoms with Crippen molar-refractivity contribution in [3.63, 3.8) is 0 Å². The number of anilines is 2. The first-order chi connectivity index (χ1) is 10.5. The maximum absolute atomic E-state index is 11.3. The number of carbonyl (C=O) groups excluding carboxylic acids is 1. The van der Waals surface area contributed by atoms with E-state index in [1.54, 1.807) is 5.01 Å². The van der Waals surface area contributed by atoms with Gasteiger partial charge in [0.2, 0.25) is 0 Å². The first kappa shape index (κ1) is 16.6. The summed E-state index contributed by atoms with van der Waals surface area (Å²) in [4.78, 5) is 19.6. The molecule has 0 saturated carbocycles. The number of hydrazine groups is 1. The standard InChI is InChI=1S/C13H12N4O.HNO3/c14-15-13(18)16-17(11-7-3-1-4-8-11)12-9-5-2-6-10-12;2-1(3)4/h1-10,14H,(H,16,18);(H,2,3,4). The van der Waals surface area contributed by atoms with Crippen LogP contribution in [0.2, 0.25) is 0 Å². The molecular formula is C13H13N5O4. The molecule has 114 valence electrons. The van der Waals surface area contributed by atoms with Gasteiger partial charge in [-0.2, -0.15) is 5.53 Å². The Morgan fingerprint density at radius 1 is 1.09 bits per heavy atom. The lowest BCUT2D eigenvalue weighted by molar-refractivity contribution is -0.742. The SMILES string of the molecule is N=NC(=O)NN(c1ccccc1)c1ccccc1.O=[N+]([O-])O. The van der Waals surface area contributed by atoms with Crippen LogP contribution in [-0.4, -0.2) is 16.3 Å². The molecular weight excluding hydrogens is 290 g/mol. The molecule has 0 saturated heterocycles. The normalized spacial score (nSPS) is 8.91. The molecule has 3 N–H and O–H groups in total. The third-order valence-corrected chi connectivity index (χ3v) is 2.34. The van der Waals surface area contributed by atoms with Gasteiger partial charge in [0, 0.05) is 0 Å². The van der Waals surface area contributed by atoms with Gasteiger partial charge in [-0.1, -0.05) is 41.5 Å². The van der Waals surface area contributed by atoms with Gasteiger partial charge >= 0.3 is 6.03 Å². The van der Waals surface area contributed by atoms with Crippen LogP contribution in [0.15, 0.2) is 65.8 Å². The van der Waals surface area contributed by atoms with E-state index >= 15 is 0 Å². The zero-order chi connectivity index (χ0) is 16.4. The highest BCUT2D eigenvalue weighted by Gasteiger charge is 2.11. The Bertz CT molecular complexity index is 577. The second-order valence-corrected chi connectivity index (χ2v) is 3.77. The highest BCUT2D eigenvalue weighted by Crippen LogP contribution is 2.22. The van der Waals surface area contributed by atoms with E-state index in [4.69, 9.17) is 20.9 Å². The van der Waals surface area contributed by atoms with Crippen LogP contribution in [0.5, 0.6) is 0 Å². The molecule has 22 heavy (non-hydrogen) atoms. The predicted molar refractivity (Wildman–Crippen MR) is 77.5 cm³/mol. The molecule has 9 nitrogen and oxygen atoms in total. The molecule has 0 aliphatic carbocycles. The van der Waals surface area contributed by atoms with Crippen molar-refractivity contribution >= 4 is 17.4 Å². The van der Waals surface area contributed by atoms with E-state index in [9.17, 15) is 4.79 Å². The van der Waals surface area contributed by atoms with Crippen LogP contribution < -0.4 is 10.4 Å². The number of carbonyl (C=O) groups is 1. The van der Waals surface area contributed by atoms with E-state index < -0.39 is 11.1 Å². The lowest BCUT2D eigenvalue weighted by Gasteiger charge is -2.23. The summed E-state index contributed by atoms with van der Waals surface area (Å²) in [5, 5.41) is 18.1. The van der Waals surface area contributed by atoms with Gasteiger partial charge in [-0.15, -0.1) is 10.1 Å². The quantitative estimate of drug-likeness (QED) is 0.455. The molecule has 2 aromatic rings. The Kier molecular flexibility index (Phi) is 6.50. The lowest BCUT2D eigenvalue weighted by Crippen LogP contribution is -2.36. The maximum Gasteiger partial charge on any atom is 0.378 e. The number of benzene rings is 2. The maximum atomic E-state index is 11.3. The highest BCUT2D eigenvalue weighted by atomic mass is 16.9. The molecule has 0 radical (unpaired) electrons. The molecule has 2 aromatic carbocycles. The fourth-order valence-electron chi connectivity index (χ4n) is 1.55. The minimum absolute atomic E-state index is 0.720. The summed E-state index contributed by atoms with van der Waals surface area (Å²) in [5.41, 5.74) is 10.8. The molecule has 0 unspecified atom stereocenters. The summed E-state index contributed by atoms with van der Waals surface area (Å²) in [5.74, 6) is 0. The van der Waals surface area contributed by atoms with Crippen molar-refractivity contribution < 1.29 is 15.1 Å². The van der Waals surface area contributed by atoms with Crippen molar-refractivity contribution in [1.29, 1.82) is 5.53 Å². The highest BCUT2D eigenvalue weighted by molar-refractivity contribution is 5.79. The molecule has 0 aliphatic rings. The van der Waals surface area contributed by atoms with Gasteiger partial charge in [-0.25, -0.2) is 10.2 Å².